The average Bonchev–Trinajstić information content (AvgIpc) is 2.30. The number of hydrogen-bond acceptors (Lipinski definition) is 1. The molecule has 1 aromatic carbocycles. The molecule has 90 valence electrons. The molecule has 0 fully saturated rings. The molecule has 16 heavy (non-hydrogen) atoms. The van der Waals surface area contributed by atoms with Gasteiger partial charge in [-0.3, -0.25) is 0 Å². The Morgan fingerprint density at radius 2 is 1.94 bits per heavy atom. The fourth-order valence-electron chi connectivity index (χ4n) is 1.47. The fourth-order valence-corrected chi connectivity index (χ4v) is 2.01. The Morgan fingerprint density at radius 3 is 2.44 bits per heavy atom. The molecule has 0 aliphatic heterocycles. The van der Waals surface area contributed by atoms with Crippen LogP contribution in [0.25, 0.3) is 0 Å². The Bertz CT molecular complexity index is 348. The molecule has 1 rings (SSSR count). The molecule has 0 heterocycles. The van der Waals surface area contributed by atoms with Crippen molar-refractivity contribution >= 4 is 27.5 Å². The zero-order valence-electron chi connectivity index (χ0n) is 10.1. The number of rotatable bonds is 5. The molecule has 0 saturated carbocycles. The maximum Gasteiger partial charge on any atom is 0.0548 e. The second kappa shape index (κ2) is 6.04. The van der Waals surface area contributed by atoms with E-state index in [-0.39, 0.29) is 5.54 Å². The van der Waals surface area contributed by atoms with E-state index in [1.165, 1.54) is 5.56 Å². The molecule has 0 unspecified atom stereocenters. The Kier molecular flexibility index (Phi) is 5.29. The van der Waals surface area contributed by atoms with E-state index in [9.17, 15) is 0 Å². The highest BCUT2D eigenvalue weighted by atomic mass is 79.9. The predicted molar refractivity (Wildman–Crippen MR) is 75.0 cm³/mol. The van der Waals surface area contributed by atoms with Gasteiger partial charge in [-0.15, -0.1) is 0 Å². The standard InChI is InChI=1S/C13H19BrClN/c1-4-13(3,5-2)16-9-10-6-7-12(15)11(14)8-10/h6-8,16H,4-5,9H2,1-3H3. The van der Waals surface area contributed by atoms with E-state index in [4.69, 9.17) is 11.6 Å². The van der Waals surface area contributed by atoms with Crippen LogP contribution < -0.4 is 5.32 Å². The Morgan fingerprint density at radius 1 is 1.31 bits per heavy atom. The van der Waals surface area contributed by atoms with Gasteiger partial charge in [-0.1, -0.05) is 31.5 Å². The lowest BCUT2D eigenvalue weighted by atomic mass is 9.95. The van der Waals surface area contributed by atoms with E-state index in [2.05, 4.69) is 54.2 Å². The van der Waals surface area contributed by atoms with Crippen LogP contribution in [-0.2, 0) is 6.54 Å². The number of halogens is 2. The van der Waals surface area contributed by atoms with Crippen LogP contribution in [0.4, 0.5) is 0 Å². The van der Waals surface area contributed by atoms with E-state index in [1.54, 1.807) is 0 Å². The van der Waals surface area contributed by atoms with Gasteiger partial charge in [0.15, 0.2) is 0 Å². The summed E-state index contributed by atoms with van der Waals surface area (Å²) < 4.78 is 0.961. The first kappa shape index (κ1) is 14.0. The van der Waals surface area contributed by atoms with Crippen LogP contribution in [0, 0.1) is 0 Å². The van der Waals surface area contributed by atoms with Crippen molar-refractivity contribution in [1.29, 1.82) is 0 Å². The van der Waals surface area contributed by atoms with E-state index in [1.807, 2.05) is 6.07 Å². The van der Waals surface area contributed by atoms with E-state index in [0.29, 0.717) is 0 Å². The number of nitrogens with one attached hydrogen (secondary N) is 1. The first-order valence-corrected chi connectivity index (χ1v) is 6.87. The summed E-state index contributed by atoms with van der Waals surface area (Å²) in [6.07, 6.45) is 2.27. The van der Waals surface area contributed by atoms with Gasteiger partial charge in [0.05, 0.1) is 5.02 Å². The minimum atomic E-state index is 0.228. The van der Waals surface area contributed by atoms with Crippen molar-refractivity contribution in [2.24, 2.45) is 0 Å². The molecule has 0 aliphatic carbocycles. The van der Waals surface area contributed by atoms with Gasteiger partial charge in [0.25, 0.3) is 0 Å². The zero-order chi connectivity index (χ0) is 12.2. The summed E-state index contributed by atoms with van der Waals surface area (Å²) in [5, 5.41) is 4.36. The van der Waals surface area contributed by atoms with Crippen LogP contribution in [0.15, 0.2) is 22.7 Å². The van der Waals surface area contributed by atoms with Gasteiger partial charge in [0.1, 0.15) is 0 Å². The second-order valence-electron chi connectivity index (χ2n) is 4.37. The van der Waals surface area contributed by atoms with Crippen LogP contribution >= 0.6 is 27.5 Å². The van der Waals surface area contributed by atoms with Crippen LogP contribution in [0.5, 0.6) is 0 Å². The van der Waals surface area contributed by atoms with Gasteiger partial charge in [-0.2, -0.15) is 0 Å². The van der Waals surface area contributed by atoms with Crippen molar-refractivity contribution in [3.8, 4) is 0 Å². The Hall–Kier alpha value is -0.0500. The van der Waals surface area contributed by atoms with Gasteiger partial charge in [-0.05, 0) is 53.4 Å². The average molecular weight is 305 g/mol. The molecule has 0 atom stereocenters. The van der Waals surface area contributed by atoms with Crippen molar-refractivity contribution in [2.45, 2.75) is 45.7 Å². The molecule has 1 nitrogen and oxygen atoms in total. The van der Waals surface area contributed by atoms with E-state index in [0.717, 1.165) is 28.9 Å². The Labute approximate surface area is 112 Å². The van der Waals surface area contributed by atoms with Gasteiger partial charge < -0.3 is 5.32 Å². The summed E-state index contributed by atoms with van der Waals surface area (Å²) in [4.78, 5) is 0. The lowest BCUT2D eigenvalue weighted by molar-refractivity contribution is 0.329. The summed E-state index contributed by atoms with van der Waals surface area (Å²) in [6.45, 7) is 7.58. The van der Waals surface area contributed by atoms with Crippen molar-refractivity contribution in [3.05, 3.63) is 33.3 Å². The second-order valence-corrected chi connectivity index (χ2v) is 5.63. The highest BCUT2D eigenvalue weighted by molar-refractivity contribution is 9.10. The Balaban J connectivity index is 2.64. The predicted octanol–water partition coefficient (Wildman–Crippen LogP) is 4.77. The minimum Gasteiger partial charge on any atom is -0.307 e. The molecular weight excluding hydrogens is 286 g/mol. The summed E-state index contributed by atoms with van der Waals surface area (Å²) in [7, 11) is 0. The molecule has 0 amide bonds. The van der Waals surface area contributed by atoms with Crippen LogP contribution in [-0.4, -0.2) is 5.54 Å². The SMILES string of the molecule is CCC(C)(CC)NCc1ccc(Cl)c(Br)c1. The molecule has 0 aliphatic rings. The largest absolute Gasteiger partial charge is 0.307 e. The van der Waals surface area contributed by atoms with E-state index >= 15 is 0 Å². The monoisotopic (exact) mass is 303 g/mol. The summed E-state index contributed by atoms with van der Waals surface area (Å²) in [5.41, 5.74) is 1.48. The van der Waals surface area contributed by atoms with Crippen molar-refractivity contribution in [1.82, 2.24) is 5.32 Å². The van der Waals surface area contributed by atoms with Gasteiger partial charge >= 0.3 is 0 Å². The van der Waals surface area contributed by atoms with Crippen molar-refractivity contribution in [3.63, 3.8) is 0 Å². The molecular formula is C13H19BrClN. The van der Waals surface area contributed by atoms with Crippen LogP contribution in [0.3, 0.4) is 0 Å². The lowest BCUT2D eigenvalue weighted by Gasteiger charge is -2.28. The third-order valence-electron chi connectivity index (χ3n) is 3.26. The lowest BCUT2D eigenvalue weighted by Crippen LogP contribution is -2.40. The summed E-state index contributed by atoms with van der Waals surface area (Å²) in [6, 6.07) is 6.06. The normalized spacial score (nSPS) is 11.8. The maximum absolute atomic E-state index is 5.96. The smallest absolute Gasteiger partial charge is 0.0548 e. The topological polar surface area (TPSA) is 12.0 Å². The van der Waals surface area contributed by atoms with Crippen LogP contribution in [0.1, 0.15) is 39.2 Å². The molecule has 0 aromatic heterocycles. The summed E-state index contributed by atoms with van der Waals surface area (Å²) in [5.74, 6) is 0. The van der Waals surface area contributed by atoms with Crippen molar-refractivity contribution < 1.29 is 0 Å². The fraction of sp³-hybridized carbons (Fsp3) is 0.538. The minimum absolute atomic E-state index is 0.228. The number of hydrogen-bond donors (Lipinski definition) is 1. The zero-order valence-corrected chi connectivity index (χ0v) is 12.5. The third kappa shape index (κ3) is 3.76. The van der Waals surface area contributed by atoms with Gasteiger partial charge in [-0.25, -0.2) is 0 Å². The first-order chi connectivity index (χ1) is 7.50. The van der Waals surface area contributed by atoms with E-state index < -0.39 is 0 Å². The first-order valence-electron chi connectivity index (χ1n) is 5.69. The summed E-state index contributed by atoms with van der Waals surface area (Å²) >= 11 is 9.40. The van der Waals surface area contributed by atoms with Crippen LogP contribution in [0.2, 0.25) is 5.02 Å². The molecule has 3 heteroatoms. The molecule has 1 N–H and O–H groups in total. The molecule has 0 bridgehead atoms. The van der Waals surface area contributed by atoms with Crippen molar-refractivity contribution in [2.75, 3.05) is 0 Å². The third-order valence-corrected chi connectivity index (χ3v) is 4.48. The number of benzene rings is 1. The molecule has 1 aromatic rings. The maximum atomic E-state index is 5.96. The highest BCUT2D eigenvalue weighted by Crippen LogP contribution is 2.23. The van der Waals surface area contributed by atoms with Gasteiger partial charge in [0.2, 0.25) is 0 Å². The van der Waals surface area contributed by atoms with Gasteiger partial charge in [0, 0.05) is 16.6 Å². The molecule has 0 saturated heterocycles. The molecule has 0 radical (unpaired) electrons. The quantitative estimate of drug-likeness (QED) is 0.826. The highest BCUT2D eigenvalue weighted by Gasteiger charge is 2.18. The molecule has 0 spiro atoms.